The van der Waals surface area contributed by atoms with Crippen molar-refractivity contribution in [1.82, 2.24) is 9.97 Å². The van der Waals surface area contributed by atoms with Gasteiger partial charge in [-0.15, -0.1) is 0 Å². The molecule has 1 aliphatic heterocycles. The first-order valence-corrected chi connectivity index (χ1v) is 11.5. The van der Waals surface area contributed by atoms with Crippen molar-refractivity contribution in [3.63, 3.8) is 0 Å². The summed E-state index contributed by atoms with van der Waals surface area (Å²) in [6.45, 7) is 7.34. The fourth-order valence-electron chi connectivity index (χ4n) is 3.97. The first kappa shape index (κ1) is 22.0. The molecule has 0 amide bonds. The molecule has 1 aromatic carbocycles. The molecule has 8 heteroatoms. The molecule has 0 bridgehead atoms. The highest BCUT2D eigenvalue weighted by Crippen LogP contribution is 2.38. The highest BCUT2D eigenvalue weighted by Gasteiger charge is 2.25. The first-order chi connectivity index (χ1) is 14.7. The van der Waals surface area contributed by atoms with Crippen LogP contribution < -0.4 is 10.2 Å². The minimum atomic E-state index is -1.11. The van der Waals surface area contributed by atoms with E-state index in [0.717, 1.165) is 47.0 Å². The SMILES string of the molecule is Cc1cccc(C(O)Nc2cc3sc(N4CCC(CO)CC4)nc3cc2C(C)(C)O)n1. The molecule has 4 rings (SSSR count). The van der Waals surface area contributed by atoms with Crippen LogP contribution in [0.15, 0.2) is 30.3 Å². The summed E-state index contributed by atoms with van der Waals surface area (Å²) < 4.78 is 0.985. The van der Waals surface area contributed by atoms with Gasteiger partial charge >= 0.3 is 0 Å². The van der Waals surface area contributed by atoms with Gasteiger partial charge in [-0.05, 0) is 63.8 Å². The number of fused-ring (bicyclic) bond motifs is 1. The third kappa shape index (κ3) is 4.82. The second-order valence-electron chi connectivity index (χ2n) is 8.78. The number of aromatic nitrogens is 2. The van der Waals surface area contributed by atoms with Crippen molar-refractivity contribution < 1.29 is 15.3 Å². The van der Waals surface area contributed by atoms with Crippen molar-refractivity contribution in [3.8, 4) is 0 Å². The number of aliphatic hydroxyl groups is 3. The van der Waals surface area contributed by atoms with E-state index in [9.17, 15) is 15.3 Å². The summed E-state index contributed by atoms with van der Waals surface area (Å²) in [5.74, 6) is 0.375. The third-order valence-electron chi connectivity index (χ3n) is 5.80. The van der Waals surface area contributed by atoms with Gasteiger partial charge in [0.15, 0.2) is 11.4 Å². The zero-order chi connectivity index (χ0) is 22.2. The monoisotopic (exact) mass is 442 g/mol. The number of benzene rings is 1. The van der Waals surface area contributed by atoms with Crippen LogP contribution in [0.5, 0.6) is 0 Å². The molecular weight excluding hydrogens is 412 g/mol. The van der Waals surface area contributed by atoms with Crippen molar-refractivity contribution in [2.75, 3.05) is 29.9 Å². The standard InChI is InChI=1S/C23H30N4O3S/c1-14-5-4-6-17(24-14)21(29)25-18-12-20-19(11-16(18)23(2,3)30)26-22(31-20)27-9-7-15(13-28)8-10-27/h4-6,11-12,15,21,25,28-30H,7-10,13H2,1-3H3. The molecule has 1 aliphatic rings. The van der Waals surface area contributed by atoms with Crippen LogP contribution in [0.25, 0.3) is 10.2 Å². The quantitative estimate of drug-likeness (QED) is 0.433. The van der Waals surface area contributed by atoms with Crippen molar-refractivity contribution in [1.29, 1.82) is 0 Å². The second kappa shape index (κ2) is 8.70. The smallest absolute Gasteiger partial charge is 0.186 e. The van der Waals surface area contributed by atoms with Gasteiger partial charge in [0.05, 0.1) is 21.5 Å². The Kier molecular flexibility index (Phi) is 6.16. The number of aryl methyl sites for hydroxylation is 1. The van der Waals surface area contributed by atoms with E-state index in [4.69, 9.17) is 4.98 Å². The topological polar surface area (TPSA) is 102 Å². The van der Waals surface area contributed by atoms with Gasteiger partial charge in [0, 0.05) is 36.6 Å². The zero-order valence-corrected chi connectivity index (χ0v) is 19.0. The van der Waals surface area contributed by atoms with Crippen LogP contribution in [0, 0.1) is 12.8 Å². The number of thiazole rings is 1. The highest BCUT2D eigenvalue weighted by molar-refractivity contribution is 7.22. The molecule has 1 saturated heterocycles. The van der Waals surface area contributed by atoms with Crippen molar-refractivity contribution in [3.05, 3.63) is 47.3 Å². The van der Waals surface area contributed by atoms with Crippen LogP contribution in [0.4, 0.5) is 10.8 Å². The Bertz CT molecular complexity index is 1050. The highest BCUT2D eigenvalue weighted by atomic mass is 32.1. The van der Waals surface area contributed by atoms with Gasteiger partial charge in [-0.25, -0.2) is 4.98 Å². The van der Waals surface area contributed by atoms with Crippen LogP contribution in [0.3, 0.4) is 0 Å². The number of nitrogens with zero attached hydrogens (tertiary/aromatic N) is 3. The number of hydrogen-bond donors (Lipinski definition) is 4. The Labute approximate surface area is 186 Å². The van der Waals surface area contributed by atoms with Gasteiger partial charge in [0.25, 0.3) is 0 Å². The Morgan fingerprint density at radius 3 is 2.61 bits per heavy atom. The molecule has 166 valence electrons. The van der Waals surface area contributed by atoms with Crippen molar-refractivity contribution >= 4 is 32.4 Å². The van der Waals surface area contributed by atoms with Gasteiger partial charge in [-0.1, -0.05) is 17.4 Å². The third-order valence-corrected chi connectivity index (χ3v) is 6.88. The van der Waals surface area contributed by atoms with Gasteiger partial charge in [0.1, 0.15) is 0 Å². The van der Waals surface area contributed by atoms with Crippen LogP contribution in [0.1, 0.15) is 49.9 Å². The van der Waals surface area contributed by atoms with Crippen LogP contribution in [-0.2, 0) is 5.60 Å². The molecule has 3 heterocycles. The summed E-state index contributed by atoms with van der Waals surface area (Å²) in [6, 6.07) is 9.36. The largest absolute Gasteiger partial charge is 0.396 e. The van der Waals surface area contributed by atoms with Crippen LogP contribution in [0.2, 0.25) is 0 Å². The van der Waals surface area contributed by atoms with Crippen LogP contribution >= 0.6 is 11.3 Å². The van der Waals surface area contributed by atoms with E-state index in [2.05, 4.69) is 15.2 Å². The lowest BCUT2D eigenvalue weighted by molar-refractivity contribution is 0.0791. The zero-order valence-electron chi connectivity index (χ0n) is 18.2. The van der Waals surface area contributed by atoms with Gasteiger partial charge < -0.3 is 25.5 Å². The molecule has 1 unspecified atom stereocenters. The molecule has 2 aromatic heterocycles. The summed E-state index contributed by atoms with van der Waals surface area (Å²) in [6.07, 6.45) is 0.927. The number of nitrogens with one attached hydrogen (secondary N) is 1. The second-order valence-corrected chi connectivity index (χ2v) is 9.79. The van der Waals surface area contributed by atoms with E-state index in [-0.39, 0.29) is 6.61 Å². The number of rotatable bonds is 6. The number of piperidine rings is 1. The first-order valence-electron chi connectivity index (χ1n) is 10.7. The maximum Gasteiger partial charge on any atom is 0.186 e. The van der Waals surface area contributed by atoms with E-state index >= 15 is 0 Å². The fourth-order valence-corrected chi connectivity index (χ4v) is 5.01. The van der Waals surface area contributed by atoms with Gasteiger partial charge in [-0.3, -0.25) is 4.98 Å². The number of pyridine rings is 1. The minimum Gasteiger partial charge on any atom is -0.396 e. The van der Waals surface area contributed by atoms with E-state index in [1.165, 1.54) is 0 Å². The van der Waals surface area contributed by atoms with Crippen molar-refractivity contribution in [2.24, 2.45) is 5.92 Å². The summed E-state index contributed by atoms with van der Waals surface area (Å²) in [5.41, 5.74) is 2.40. The lowest BCUT2D eigenvalue weighted by Crippen LogP contribution is -2.34. The molecular formula is C23H30N4O3S. The molecule has 7 nitrogen and oxygen atoms in total. The molecule has 1 fully saturated rings. The van der Waals surface area contributed by atoms with E-state index in [1.807, 2.05) is 31.2 Å². The number of hydrogen-bond acceptors (Lipinski definition) is 8. The predicted molar refractivity (Wildman–Crippen MR) is 124 cm³/mol. The summed E-state index contributed by atoms with van der Waals surface area (Å²) >= 11 is 1.60. The Morgan fingerprint density at radius 2 is 1.97 bits per heavy atom. The summed E-state index contributed by atoms with van der Waals surface area (Å²) in [4.78, 5) is 11.5. The molecule has 0 radical (unpaired) electrons. The van der Waals surface area contributed by atoms with E-state index in [0.29, 0.717) is 22.9 Å². The molecule has 31 heavy (non-hydrogen) atoms. The fraction of sp³-hybridized carbons (Fsp3) is 0.478. The number of aliphatic hydroxyl groups excluding tert-OH is 2. The number of anilines is 2. The van der Waals surface area contributed by atoms with E-state index in [1.54, 1.807) is 31.3 Å². The molecule has 0 saturated carbocycles. The van der Waals surface area contributed by atoms with Crippen LogP contribution in [-0.4, -0.2) is 45.0 Å². The summed E-state index contributed by atoms with van der Waals surface area (Å²) in [5, 5.41) is 35.0. The summed E-state index contributed by atoms with van der Waals surface area (Å²) in [7, 11) is 0. The molecule has 4 N–H and O–H groups in total. The van der Waals surface area contributed by atoms with Gasteiger partial charge in [-0.2, -0.15) is 0 Å². The van der Waals surface area contributed by atoms with E-state index < -0.39 is 11.8 Å². The molecule has 1 atom stereocenters. The average molecular weight is 443 g/mol. The Morgan fingerprint density at radius 1 is 1.23 bits per heavy atom. The lowest BCUT2D eigenvalue weighted by Gasteiger charge is -2.30. The lowest BCUT2D eigenvalue weighted by atomic mass is 9.96. The molecule has 0 spiro atoms. The van der Waals surface area contributed by atoms with Gasteiger partial charge in [0.2, 0.25) is 0 Å². The normalized spacial score (nSPS) is 16.6. The molecule has 0 aliphatic carbocycles. The average Bonchev–Trinajstić information content (AvgIpc) is 3.15. The maximum atomic E-state index is 10.8. The minimum absolute atomic E-state index is 0.246. The Balaban J connectivity index is 1.66. The Hall–Kier alpha value is -2.26. The maximum absolute atomic E-state index is 10.8. The van der Waals surface area contributed by atoms with Crippen molar-refractivity contribution in [2.45, 2.75) is 45.4 Å². The molecule has 3 aromatic rings. The predicted octanol–water partition coefficient (Wildman–Crippen LogP) is 3.54.